The highest BCUT2D eigenvalue weighted by Gasteiger charge is 2.32. The number of benzene rings is 1. The molecule has 0 bridgehead atoms. The van der Waals surface area contributed by atoms with Crippen molar-refractivity contribution in [1.82, 2.24) is 15.1 Å². The Labute approximate surface area is 109 Å². The van der Waals surface area contributed by atoms with Gasteiger partial charge in [0, 0.05) is 12.7 Å². The van der Waals surface area contributed by atoms with Gasteiger partial charge >= 0.3 is 6.18 Å². The van der Waals surface area contributed by atoms with E-state index in [2.05, 4.69) is 10.4 Å². The summed E-state index contributed by atoms with van der Waals surface area (Å²) in [5.41, 5.74) is 1.28. The van der Waals surface area contributed by atoms with E-state index in [0.717, 1.165) is 30.1 Å². The zero-order valence-electron chi connectivity index (χ0n) is 10.4. The van der Waals surface area contributed by atoms with Crippen molar-refractivity contribution in [2.75, 3.05) is 7.05 Å². The molecule has 0 spiro atoms. The van der Waals surface area contributed by atoms with Crippen LogP contribution in [0, 0.1) is 0 Å². The van der Waals surface area contributed by atoms with Gasteiger partial charge in [-0.25, -0.2) is 0 Å². The Morgan fingerprint density at radius 1 is 1.26 bits per heavy atom. The second-order valence-corrected chi connectivity index (χ2v) is 4.27. The standard InChI is InChI=1S/C13H14F3N3/c1-17-6-10-3-2-4-11(5-10)8-19-9-12(7-18-19)13(14,15)16/h2-5,7,9,17H,6,8H2,1H3. The molecule has 0 fully saturated rings. The van der Waals surface area contributed by atoms with Crippen LogP contribution in [0.25, 0.3) is 0 Å². The molecule has 0 unspecified atom stereocenters. The van der Waals surface area contributed by atoms with E-state index in [4.69, 9.17) is 0 Å². The Kier molecular flexibility index (Phi) is 3.90. The van der Waals surface area contributed by atoms with Gasteiger partial charge in [0.15, 0.2) is 0 Å². The number of aromatic nitrogens is 2. The lowest BCUT2D eigenvalue weighted by molar-refractivity contribution is -0.137. The van der Waals surface area contributed by atoms with Crippen molar-refractivity contribution in [1.29, 1.82) is 0 Å². The fourth-order valence-corrected chi connectivity index (χ4v) is 1.83. The van der Waals surface area contributed by atoms with Crippen LogP contribution in [0.15, 0.2) is 36.7 Å². The van der Waals surface area contributed by atoms with Crippen molar-refractivity contribution in [3.05, 3.63) is 53.3 Å². The van der Waals surface area contributed by atoms with Crippen molar-refractivity contribution < 1.29 is 13.2 Å². The topological polar surface area (TPSA) is 29.9 Å². The number of halogens is 3. The molecular weight excluding hydrogens is 255 g/mol. The van der Waals surface area contributed by atoms with Gasteiger partial charge < -0.3 is 5.32 Å². The van der Waals surface area contributed by atoms with Crippen LogP contribution in [-0.4, -0.2) is 16.8 Å². The number of nitrogens with one attached hydrogen (secondary N) is 1. The van der Waals surface area contributed by atoms with Gasteiger partial charge in [-0.05, 0) is 18.2 Å². The van der Waals surface area contributed by atoms with Crippen LogP contribution in [0.2, 0.25) is 0 Å². The highest BCUT2D eigenvalue weighted by atomic mass is 19.4. The average molecular weight is 269 g/mol. The van der Waals surface area contributed by atoms with Crippen molar-refractivity contribution in [2.45, 2.75) is 19.3 Å². The van der Waals surface area contributed by atoms with E-state index in [1.165, 1.54) is 4.68 Å². The molecule has 6 heteroatoms. The molecule has 0 saturated carbocycles. The first-order valence-electron chi connectivity index (χ1n) is 5.81. The minimum absolute atomic E-state index is 0.327. The minimum Gasteiger partial charge on any atom is -0.316 e. The lowest BCUT2D eigenvalue weighted by Crippen LogP contribution is -2.06. The van der Waals surface area contributed by atoms with Crippen molar-refractivity contribution in [2.24, 2.45) is 0 Å². The van der Waals surface area contributed by atoms with Crippen molar-refractivity contribution in [3.63, 3.8) is 0 Å². The van der Waals surface area contributed by atoms with Crippen LogP contribution in [0.4, 0.5) is 13.2 Å². The zero-order valence-corrected chi connectivity index (χ0v) is 10.4. The number of hydrogen-bond donors (Lipinski definition) is 1. The van der Waals surface area contributed by atoms with Crippen LogP contribution in [0.3, 0.4) is 0 Å². The van der Waals surface area contributed by atoms with Crippen molar-refractivity contribution >= 4 is 0 Å². The molecule has 1 N–H and O–H groups in total. The van der Waals surface area contributed by atoms with Gasteiger partial charge in [0.1, 0.15) is 0 Å². The smallest absolute Gasteiger partial charge is 0.316 e. The van der Waals surface area contributed by atoms with E-state index in [1.807, 2.05) is 31.3 Å². The first kappa shape index (κ1) is 13.6. The minimum atomic E-state index is -4.34. The second-order valence-electron chi connectivity index (χ2n) is 4.27. The van der Waals surface area contributed by atoms with Crippen LogP contribution >= 0.6 is 0 Å². The Hall–Kier alpha value is -1.82. The molecule has 19 heavy (non-hydrogen) atoms. The van der Waals surface area contributed by atoms with Gasteiger partial charge in [-0.15, -0.1) is 0 Å². The lowest BCUT2D eigenvalue weighted by Gasteiger charge is -2.05. The summed E-state index contributed by atoms with van der Waals surface area (Å²) in [5, 5.41) is 6.76. The number of rotatable bonds is 4. The molecule has 0 aliphatic rings. The number of nitrogens with zero attached hydrogens (tertiary/aromatic N) is 2. The molecule has 0 aliphatic heterocycles. The molecule has 2 aromatic rings. The molecule has 1 aromatic heterocycles. The summed E-state index contributed by atoms with van der Waals surface area (Å²) in [6, 6.07) is 7.67. The third-order valence-electron chi connectivity index (χ3n) is 2.68. The summed E-state index contributed by atoms with van der Waals surface area (Å²) < 4.78 is 38.6. The molecule has 0 amide bonds. The Morgan fingerprint density at radius 3 is 2.63 bits per heavy atom. The molecule has 0 radical (unpaired) electrons. The maximum absolute atomic E-state index is 12.4. The predicted octanol–water partition coefficient (Wildman–Crippen LogP) is 2.67. The first-order chi connectivity index (χ1) is 8.99. The van der Waals surface area contributed by atoms with Crippen molar-refractivity contribution in [3.8, 4) is 0 Å². The Morgan fingerprint density at radius 2 is 2.00 bits per heavy atom. The molecule has 2 rings (SSSR count). The average Bonchev–Trinajstić information content (AvgIpc) is 2.78. The van der Waals surface area contributed by atoms with Gasteiger partial charge in [-0.1, -0.05) is 24.3 Å². The summed E-state index contributed by atoms with van der Waals surface area (Å²) in [7, 11) is 1.84. The largest absolute Gasteiger partial charge is 0.419 e. The zero-order chi connectivity index (χ0) is 13.9. The van der Waals surface area contributed by atoms with E-state index >= 15 is 0 Å². The summed E-state index contributed by atoms with van der Waals surface area (Å²) in [4.78, 5) is 0. The van der Waals surface area contributed by atoms with E-state index < -0.39 is 11.7 Å². The van der Waals surface area contributed by atoms with Crippen LogP contribution < -0.4 is 5.32 Å². The summed E-state index contributed by atoms with van der Waals surface area (Å²) in [5.74, 6) is 0. The van der Waals surface area contributed by atoms with Gasteiger partial charge in [0.05, 0.1) is 18.3 Å². The Balaban J connectivity index is 2.12. The van der Waals surface area contributed by atoms with Crippen LogP contribution in [-0.2, 0) is 19.3 Å². The van der Waals surface area contributed by atoms with Crippen LogP contribution in [0.5, 0.6) is 0 Å². The summed E-state index contributed by atoms with van der Waals surface area (Å²) in [6.07, 6.45) is -2.48. The fraction of sp³-hybridized carbons (Fsp3) is 0.308. The van der Waals surface area contributed by atoms with E-state index in [-0.39, 0.29) is 0 Å². The summed E-state index contributed by atoms with van der Waals surface area (Å²) >= 11 is 0. The van der Waals surface area contributed by atoms with Gasteiger partial charge in [-0.2, -0.15) is 18.3 Å². The highest BCUT2D eigenvalue weighted by Crippen LogP contribution is 2.28. The third-order valence-corrected chi connectivity index (χ3v) is 2.68. The molecule has 1 heterocycles. The highest BCUT2D eigenvalue weighted by molar-refractivity contribution is 5.24. The van der Waals surface area contributed by atoms with Gasteiger partial charge in [-0.3, -0.25) is 4.68 Å². The third kappa shape index (κ3) is 3.57. The quantitative estimate of drug-likeness (QED) is 0.924. The SMILES string of the molecule is CNCc1cccc(Cn2cc(C(F)(F)F)cn2)c1. The molecule has 3 nitrogen and oxygen atoms in total. The first-order valence-corrected chi connectivity index (χ1v) is 5.81. The number of alkyl halides is 3. The van der Waals surface area contributed by atoms with E-state index in [0.29, 0.717) is 6.54 Å². The van der Waals surface area contributed by atoms with Gasteiger partial charge in [0.2, 0.25) is 0 Å². The molecule has 102 valence electrons. The second kappa shape index (κ2) is 5.44. The molecular formula is C13H14F3N3. The van der Waals surface area contributed by atoms with Gasteiger partial charge in [0.25, 0.3) is 0 Å². The van der Waals surface area contributed by atoms with E-state index in [1.54, 1.807) is 0 Å². The monoisotopic (exact) mass is 269 g/mol. The lowest BCUT2D eigenvalue weighted by atomic mass is 10.1. The predicted molar refractivity (Wildman–Crippen MR) is 65.5 cm³/mol. The molecule has 1 aromatic carbocycles. The molecule has 0 saturated heterocycles. The van der Waals surface area contributed by atoms with E-state index in [9.17, 15) is 13.2 Å². The normalized spacial score (nSPS) is 11.8. The summed E-state index contributed by atoms with van der Waals surface area (Å²) in [6.45, 7) is 1.05. The maximum Gasteiger partial charge on any atom is 0.419 e. The molecule has 0 atom stereocenters. The number of hydrogen-bond acceptors (Lipinski definition) is 2. The van der Waals surface area contributed by atoms with Crippen LogP contribution in [0.1, 0.15) is 16.7 Å². The molecule has 0 aliphatic carbocycles. The Bertz CT molecular complexity index is 546. The fourth-order valence-electron chi connectivity index (χ4n) is 1.83. The maximum atomic E-state index is 12.4.